The van der Waals surface area contributed by atoms with E-state index >= 15 is 0 Å². The van der Waals surface area contributed by atoms with Crippen LogP contribution in [0.4, 0.5) is 0 Å². The second-order valence-corrected chi connectivity index (χ2v) is 5.82. The Bertz CT molecular complexity index is 234. The predicted molar refractivity (Wildman–Crippen MR) is 63.2 cm³/mol. The molecule has 0 N–H and O–H groups in total. The Morgan fingerprint density at radius 1 is 1.08 bits per heavy atom. The van der Waals surface area contributed by atoms with Crippen molar-refractivity contribution < 1.29 is 4.43 Å². The number of hydrogen-bond acceptors (Lipinski definition) is 1. The monoisotopic (exact) mass is 208 g/mol. The highest BCUT2D eigenvalue weighted by Crippen LogP contribution is 2.10. The van der Waals surface area contributed by atoms with Gasteiger partial charge in [-0.3, -0.25) is 0 Å². The highest BCUT2D eigenvalue weighted by Gasteiger charge is 2.17. The first-order chi connectivity index (χ1) is 5.97. The molecule has 2 rings (SSSR count). The quantitative estimate of drug-likeness (QED) is 0.601. The Morgan fingerprint density at radius 2 is 1.85 bits per heavy atom. The Hall–Kier alpha value is -0.0706. The second-order valence-electron chi connectivity index (χ2n) is 3.27. The van der Waals surface area contributed by atoms with Crippen LogP contribution in [0.2, 0.25) is 6.04 Å². The fraction of sp³-hybridized carbons (Fsp3) is 0.400. The zero-order chi connectivity index (χ0) is 8.23. The average molecular weight is 208 g/mol. The minimum Gasteiger partial charge on any atom is -0.415 e. The van der Waals surface area contributed by atoms with Crippen molar-refractivity contribution in [3.63, 3.8) is 0 Å². The second kappa shape index (κ2) is 5.62. The maximum absolute atomic E-state index is 5.80. The summed E-state index contributed by atoms with van der Waals surface area (Å²) in [7, 11) is -0.984. The third kappa shape index (κ3) is 2.96. The van der Waals surface area contributed by atoms with Crippen molar-refractivity contribution in [3.8, 4) is 0 Å². The van der Waals surface area contributed by atoms with E-state index in [1.54, 1.807) is 0 Å². The van der Waals surface area contributed by atoms with Crippen molar-refractivity contribution in [2.24, 2.45) is 0 Å². The summed E-state index contributed by atoms with van der Waals surface area (Å²) in [6.45, 7) is 0.992. The molecule has 70 valence electrons. The van der Waals surface area contributed by atoms with Crippen molar-refractivity contribution >= 4 is 31.6 Å². The molecule has 1 aliphatic rings. The van der Waals surface area contributed by atoms with Gasteiger partial charge in [0, 0.05) is 6.61 Å². The van der Waals surface area contributed by atoms with Gasteiger partial charge in [-0.1, -0.05) is 36.8 Å². The molecule has 0 amide bonds. The van der Waals surface area contributed by atoms with Crippen LogP contribution in [0.5, 0.6) is 0 Å². The van der Waals surface area contributed by atoms with Crippen LogP contribution in [0.1, 0.15) is 12.8 Å². The van der Waals surface area contributed by atoms with Crippen LogP contribution in [0.25, 0.3) is 0 Å². The minimum absolute atomic E-state index is 0. The maximum atomic E-state index is 5.80. The van der Waals surface area contributed by atoms with E-state index in [-0.39, 0.29) is 17.4 Å². The topological polar surface area (TPSA) is 9.23 Å². The van der Waals surface area contributed by atoms with Gasteiger partial charge in [0.25, 0.3) is 0 Å². The van der Waals surface area contributed by atoms with E-state index in [0.29, 0.717) is 0 Å². The Balaban J connectivity index is 0.000000845. The zero-order valence-corrected chi connectivity index (χ0v) is 8.36. The molecule has 1 atom stereocenters. The molecule has 1 fully saturated rings. The third-order valence-corrected chi connectivity index (χ3v) is 5.05. The van der Waals surface area contributed by atoms with E-state index < -0.39 is 9.04 Å². The van der Waals surface area contributed by atoms with Gasteiger partial charge in [-0.25, -0.2) is 0 Å². The lowest BCUT2D eigenvalue weighted by Crippen LogP contribution is -2.36. The van der Waals surface area contributed by atoms with Gasteiger partial charge in [0.15, 0.2) is 17.4 Å². The minimum atomic E-state index is -0.984. The molecule has 1 saturated heterocycles. The van der Waals surface area contributed by atoms with Gasteiger partial charge < -0.3 is 4.43 Å². The SMILES string of the molecule is [AlH3].c1ccc([SiH]2CCCCO2)cc1. The average Bonchev–Trinajstić information content (AvgIpc) is 2.21. The van der Waals surface area contributed by atoms with Crippen LogP contribution in [0.3, 0.4) is 0 Å². The molecule has 1 unspecified atom stereocenters. The summed E-state index contributed by atoms with van der Waals surface area (Å²) in [6.07, 6.45) is 2.63. The fourth-order valence-electron chi connectivity index (χ4n) is 1.67. The lowest BCUT2D eigenvalue weighted by Gasteiger charge is -2.21. The molecule has 1 aromatic carbocycles. The molecular weight excluding hydrogens is 191 g/mol. The van der Waals surface area contributed by atoms with E-state index in [1.165, 1.54) is 24.1 Å². The van der Waals surface area contributed by atoms with Gasteiger partial charge in [-0.2, -0.15) is 0 Å². The van der Waals surface area contributed by atoms with Crippen molar-refractivity contribution in [1.29, 1.82) is 0 Å². The van der Waals surface area contributed by atoms with Crippen molar-refractivity contribution in [1.82, 2.24) is 0 Å². The lowest BCUT2D eigenvalue weighted by atomic mass is 10.3. The van der Waals surface area contributed by atoms with Gasteiger partial charge >= 0.3 is 0 Å². The molecule has 0 spiro atoms. The lowest BCUT2D eigenvalue weighted by molar-refractivity contribution is 0.294. The molecular formula is C10H17AlOSi. The summed E-state index contributed by atoms with van der Waals surface area (Å²) < 4.78 is 5.80. The largest absolute Gasteiger partial charge is 0.415 e. The molecule has 0 aliphatic carbocycles. The van der Waals surface area contributed by atoms with Crippen LogP contribution in [-0.2, 0) is 4.43 Å². The first kappa shape index (κ1) is 11.0. The van der Waals surface area contributed by atoms with Crippen LogP contribution in [-0.4, -0.2) is 33.0 Å². The van der Waals surface area contributed by atoms with E-state index in [2.05, 4.69) is 30.3 Å². The highest BCUT2D eigenvalue weighted by molar-refractivity contribution is 6.67. The summed E-state index contributed by atoms with van der Waals surface area (Å²) in [4.78, 5) is 0. The Labute approximate surface area is 92.0 Å². The van der Waals surface area contributed by atoms with E-state index in [9.17, 15) is 0 Å². The standard InChI is InChI=1S/C10H14OSi.Al.3H/c1-2-6-10(7-3-1)12-9-5-4-8-11-12;;;;/h1-3,6-7,12H,4-5,8-9H2;;;;. The molecule has 0 radical (unpaired) electrons. The summed E-state index contributed by atoms with van der Waals surface area (Å²) in [5.74, 6) is 0. The molecule has 1 aromatic rings. The summed E-state index contributed by atoms with van der Waals surface area (Å²) in [5.41, 5.74) is 0. The first-order valence-corrected chi connectivity index (χ1v) is 6.50. The number of benzene rings is 1. The number of hydrogen-bond donors (Lipinski definition) is 0. The highest BCUT2D eigenvalue weighted by atomic mass is 28.3. The molecule has 0 aromatic heterocycles. The summed E-state index contributed by atoms with van der Waals surface area (Å²) >= 11 is 0. The van der Waals surface area contributed by atoms with E-state index in [4.69, 9.17) is 4.43 Å². The first-order valence-electron chi connectivity index (χ1n) is 4.63. The Morgan fingerprint density at radius 3 is 2.46 bits per heavy atom. The smallest absolute Gasteiger partial charge is 0.208 e. The van der Waals surface area contributed by atoms with Crippen LogP contribution < -0.4 is 5.19 Å². The van der Waals surface area contributed by atoms with E-state index in [0.717, 1.165) is 6.61 Å². The molecule has 1 aliphatic heterocycles. The van der Waals surface area contributed by atoms with Gasteiger partial charge in [-0.15, -0.1) is 0 Å². The predicted octanol–water partition coefficient (Wildman–Crippen LogP) is 0.244. The van der Waals surface area contributed by atoms with Crippen molar-refractivity contribution in [2.75, 3.05) is 6.61 Å². The van der Waals surface area contributed by atoms with Crippen LogP contribution in [0, 0.1) is 0 Å². The van der Waals surface area contributed by atoms with Gasteiger partial charge in [0.1, 0.15) is 0 Å². The van der Waals surface area contributed by atoms with Gasteiger partial charge in [0.2, 0.25) is 9.04 Å². The van der Waals surface area contributed by atoms with Gasteiger partial charge in [-0.05, 0) is 17.7 Å². The van der Waals surface area contributed by atoms with E-state index in [1.807, 2.05) is 0 Å². The zero-order valence-electron chi connectivity index (χ0n) is 7.20. The van der Waals surface area contributed by atoms with Gasteiger partial charge in [0.05, 0.1) is 0 Å². The van der Waals surface area contributed by atoms with Crippen molar-refractivity contribution in [3.05, 3.63) is 30.3 Å². The van der Waals surface area contributed by atoms with Crippen LogP contribution in [0.15, 0.2) is 30.3 Å². The third-order valence-electron chi connectivity index (χ3n) is 2.35. The summed E-state index contributed by atoms with van der Waals surface area (Å²) in [6, 6.07) is 12.0. The maximum Gasteiger partial charge on any atom is 0.208 e. The molecule has 1 heterocycles. The molecule has 1 nitrogen and oxygen atoms in total. The van der Waals surface area contributed by atoms with Crippen molar-refractivity contribution in [2.45, 2.75) is 18.9 Å². The number of rotatable bonds is 1. The van der Waals surface area contributed by atoms with Crippen LogP contribution >= 0.6 is 0 Å². The molecule has 0 bridgehead atoms. The molecule has 3 heteroatoms. The Kier molecular flexibility index (Phi) is 4.75. The normalized spacial score (nSPS) is 22.0. The molecule has 13 heavy (non-hydrogen) atoms. The fourth-order valence-corrected chi connectivity index (χ4v) is 4.13. The summed E-state index contributed by atoms with van der Waals surface area (Å²) in [5, 5.41) is 1.47. The molecule has 0 saturated carbocycles.